The molecule has 2 amide bonds. The van der Waals surface area contributed by atoms with E-state index in [9.17, 15) is 19.8 Å². The van der Waals surface area contributed by atoms with Gasteiger partial charge in [0.2, 0.25) is 5.91 Å². The predicted octanol–water partition coefficient (Wildman–Crippen LogP) is 5.40. The van der Waals surface area contributed by atoms with Crippen LogP contribution in [0.15, 0.2) is 66.7 Å². The number of morpholine rings is 1. The van der Waals surface area contributed by atoms with Crippen LogP contribution in [-0.2, 0) is 27.3 Å². The van der Waals surface area contributed by atoms with Gasteiger partial charge < -0.3 is 40.1 Å². The Hall–Kier alpha value is -4.04. The van der Waals surface area contributed by atoms with Crippen molar-refractivity contribution in [2.24, 2.45) is 29.1 Å². The van der Waals surface area contributed by atoms with Crippen molar-refractivity contribution in [3.63, 3.8) is 0 Å². The third-order valence-corrected chi connectivity index (χ3v) is 13.9. The highest BCUT2D eigenvalue weighted by atomic mass is 16.7. The maximum absolute atomic E-state index is 14.5. The lowest BCUT2D eigenvalue weighted by molar-refractivity contribution is -0.182. The summed E-state index contributed by atoms with van der Waals surface area (Å²) in [5, 5.41) is 29.8. The van der Waals surface area contributed by atoms with Gasteiger partial charge in [-0.1, -0.05) is 83.1 Å². The topological polar surface area (TPSA) is 136 Å². The SMILES string of the molecule is COc1c(CN2O[C@@H](CO)[C@@H]([C@H](C)O)[C@H]2C(=O)N[C@H]2C[C@@H](C)C(C)(C)[C@@H](C)[C@@H]2C)cccc1-c1cc(C(=O)N[C@@H](Cc2ccccc2)CN(C)C)cc(N2CCOCC2)c1. The Balaban J connectivity index is 1.32. The molecule has 0 aromatic heterocycles. The van der Waals surface area contributed by atoms with Crippen LogP contribution in [0.5, 0.6) is 5.75 Å². The van der Waals surface area contributed by atoms with Crippen molar-refractivity contribution in [2.45, 2.75) is 91.3 Å². The first kappa shape index (κ1) is 45.5. The molecule has 0 unspecified atom stereocenters. The molecule has 12 nitrogen and oxygen atoms in total. The summed E-state index contributed by atoms with van der Waals surface area (Å²) >= 11 is 0. The zero-order valence-electron chi connectivity index (χ0n) is 37.2. The van der Waals surface area contributed by atoms with Crippen LogP contribution in [0.25, 0.3) is 11.1 Å². The number of aliphatic hydroxyl groups is 2. The van der Waals surface area contributed by atoms with Crippen LogP contribution in [0.1, 0.15) is 69.4 Å². The first-order valence-electron chi connectivity index (χ1n) is 21.8. The van der Waals surface area contributed by atoms with Crippen molar-refractivity contribution in [2.75, 3.05) is 65.6 Å². The second-order valence-corrected chi connectivity index (χ2v) is 18.4. The number of methoxy groups -OCH3 is 1. The molecule has 60 heavy (non-hydrogen) atoms. The number of hydroxylamine groups is 2. The molecular weight excluding hydrogens is 759 g/mol. The molecule has 3 fully saturated rings. The van der Waals surface area contributed by atoms with Gasteiger partial charge in [-0.25, -0.2) is 0 Å². The lowest BCUT2D eigenvalue weighted by Crippen LogP contribution is -2.56. The van der Waals surface area contributed by atoms with Gasteiger partial charge in [0.25, 0.3) is 5.91 Å². The Morgan fingerprint density at radius 3 is 2.38 bits per heavy atom. The van der Waals surface area contributed by atoms with Crippen molar-refractivity contribution >= 4 is 17.5 Å². The van der Waals surface area contributed by atoms with E-state index in [0.717, 1.165) is 34.4 Å². The molecule has 3 aromatic rings. The molecule has 0 radical (unpaired) electrons. The lowest BCUT2D eigenvalue weighted by atomic mass is 9.58. The smallest absolute Gasteiger partial charge is 0.251 e. The van der Waals surface area contributed by atoms with E-state index in [0.29, 0.717) is 62.4 Å². The number of anilines is 1. The molecule has 3 aromatic carbocycles. The second kappa shape index (κ2) is 19.8. The number of carbonyl (C=O) groups excluding carboxylic acids is 2. The average molecular weight is 828 g/mol. The molecule has 328 valence electrons. The number of para-hydroxylation sites is 1. The third kappa shape index (κ3) is 10.2. The Labute approximate surface area is 357 Å². The first-order valence-corrected chi connectivity index (χ1v) is 21.8. The fourth-order valence-electron chi connectivity index (χ4n) is 9.73. The summed E-state index contributed by atoms with van der Waals surface area (Å²) in [6.45, 7) is 16.0. The summed E-state index contributed by atoms with van der Waals surface area (Å²) in [7, 11) is 5.64. The number of hydrogen-bond donors (Lipinski definition) is 4. The molecule has 6 rings (SSSR count). The monoisotopic (exact) mass is 828 g/mol. The van der Waals surface area contributed by atoms with E-state index in [1.165, 1.54) is 0 Å². The zero-order valence-corrected chi connectivity index (χ0v) is 37.2. The number of nitrogens with zero attached hydrogens (tertiary/aromatic N) is 3. The summed E-state index contributed by atoms with van der Waals surface area (Å²) in [5.74, 6) is 0.547. The van der Waals surface area contributed by atoms with E-state index in [-0.39, 0.29) is 48.4 Å². The number of benzene rings is 3. The lowest BCUT2D eigenvalue weighted by Gasteiger charge is -2.50. The maximum atomic E-state index is 14.5. The summed E-state index contributed by atoms with van der Waals surface area (Å²) in [6.07, 6.45) is -0.157. The van der Waals surface area contributed by atoms with E-state index < -0.39 is 24.2 Å². The van der Waals surface area contributed by atoms with Gasteiger partial charge in [0.05, 0.1) is 39.6 Å². The first-order chi connectivity index (χ1) is 28.6. The van der Waals surface area contributed by atoms with E-state index in [1.807, 2.05) is 62.6 Å². The number of hydrogen-bond acceptors (Lipinski definition) is 10. The highest BCUT2D eigenvalue weighted by molar-refractivity contribution is 5.97. The molecule has 9 atom stereocenters. The number of aliphatic hydroxyl groups excluding tert-OH is 2. The quantitative estimate of drug-likeness (QED) is 0.158. The van der Waals surface area contributed by atoms with Gasteiger partial charge in [0.1, 0.15) is 17.9 Å². The van der Waals surface area contributed by atoms with Crippen molar-refractivity contribution in [1.82, 2.24) is 20.6 Å². The molecule has 2 aliphatic heterocycles. The van der Waals surface area contributed by atoms with Gasteiger partial charge in [0, 0.05) is 60.0 Å². The van der Waals surface area contributed by atoms with E-state index >= 15 is 0 Å². The number of ether oxygens (including phenoxy) is 2. The molecule has 3 aliphatic rings. The summed E-state index contributed by atoms with van der Waals surface area (Å²) < 4.78 is 11.9. The Morgan fingerprint density at radius 1 is 1.02 bits per heavy atom. The fraction of sp³-hybridized carbons (Fsp3) is 0.583. The van der Waals surface area contributed by atoms with Gasteiger partial charge in [-0.2, -0.15) is 5.06 Å². The standard InChI is InChI=1S/C48H69N5O7/c1-30-22-41(31(2)32(3)48(30,5)6)50-47(57)44-43(33(4)55)42(29-54)60-53(44)27-35-16-13-17-40(45(35)58-9)36-24-37(26-39(25-36)52-18-20-59-21-19-52)46(56)49-38(28-51(7)8)23-34-14-11-10-12-15-34/h10-17,24-26,30-33,38,41-44,54-55H,18-23,27-29H2,1-9H3,(H,49,56)(H,50,57)/t30-,31+,32+,33+,38+,41+,42+,43-,44+/m1/s1. The van der Waals surface area contributed by atoms with E-state index in [4.69, 9.17) is 14.3 Å². The molecular formula is C48H69N5O7. The van der Waals surface area contributed by atoms with Gasteiger partial charge in [-0.3, -0.25) is 14.4 Å². The van der Waals surface area contributed by atoms with Crippen molar-refractivity contribution in [1.29, 1.82) is 0 Å². The van der Waals surface area contributed by atoms with Crippen LogP contribution < -0.4 is 20.3 Å². The van der Waals surface area contributed by atoms with E-state index in [2.05, 4.69) is 73.3 Å². The van der Waals surface area contributed by atoms with Crippen LogP contribution in [0.2, 0.25) is 0 Å². The Morgan fingerprint density at radius 2 is 1.73 bits per heavy atom. The molecule has 1 aliphatic carbocycles. The van der Waals surface area contributed by atoms with Crippen LogP contribution in [0.3, 0.4) is 0 Å². The molecule has 1 saturated carbocycles. The average Bonchev–Trinajstić information content (AvgIpc) is 3.61. The number of likely N-dealkylation sites (N-methyl/N-ethyl adjacent to an activating group) is 1. The third-order valence-electron chi connectivity index (χ3n) is 13.9. The molecule has 2 saturated heterocycles. The molecule has 12 heteroatoms. The van der Waals surface area contributed by atoms with Gasteiger partial charge in [0.15, 0.2) is 0 Å². The number of carbonyl (C=O) groups is 2. The van der Waals surface area contributed by atoms with Gasteiger partial charge >= 0.3 is 0 Å². The molecule has 0 bridgehead atoms. The summed E-state index contributed by atoms with van der Waals surface area (Å²) in [4.78, 5) is 39.4. The Bertz CT molecular complexity index is 1900. The van der Waals surface area contributed by atoms with Crippen molar-refractivity contribution in [3.8, 4) is 16.9 Å². The van der Waals surface area contributed by atoms with Crippen LogP contribution in [-0.4, -0.2) is 123 Å². The van der Waals surface area contributed by atoms with Crippen molar-refractivity contribution in [3.05, 3.63) is 83.4 Å². The van der Waals surface area contributed by atoms with Crippen molar-refractivity contribution < 1.29 is 34.1 Å². The van der Waals surface area contributed by atoms with E-state index in [1.54, 1.807) is 19.1 Å². The largest absolute Gasteiger partial charge is 0.496 e. The minimum atomic E-state index is -0.922. The highest BCUT2D eigenvalue weighted by Gasteiger charge is 2.51. The second-order valence-electron chi connectivity index (χ2n) is 18.4. The predicted molar refractivity (Wildman–Crippen MR) is 236 cm³/mol. The zero-order chi connectivity index (χ0) is 43.3. The number of rotatable bonds is 15. The Kier molecular flexibility index (Phi) is 15.0. The maximum Gasteiger partial charge on any atom is 0.251 e. The van der Waals surface area contributed by atoms with Gasteiger partial charge in [-0.15, -0.1) is 0 Å². The molecule has 0 spiro atoms. The fourth-order valence-corrected chi connectivity index (χ4v) is 9.73. The summed E-state index contributed by atoms with van der Waals surface area (Å²) in [5.41, 5.74) is 5.07. The molecule has 4 N–H and O–H groups in total. The van der Waals surface area contributed by atoms with Crippen LogP contribution >= 0.6 is 0 Å². The number of nitrogens with one attached hydrogen (secondary N) is 2. The number of amides is 2. The highest BCUT2D eigenvalue weighted by Crippen LogP contribution is 2.48. The minimum absolute atomic E-state index is 0.0419. The van der Waals surface area contributed by atoms with Gasteiger partial charge in [-0.05, 0) is 86.4 Å². The summed E-state index contributed by atoms with van der Waals surface area (Å²) in [6, 6.07) is 21.0. The minimum Gasteiger partial charge on any atom is -0.496 e. The van der Waals surface area contributed by atoms with Crippen LogP contribution in [0.4, 0.5) is 5.69 Å². The van der Waals surface area contributed by atoms with Crippen LogP contribution in [0, 0.1) is 29.1 Å². The molecule has 2 heterocycles. The normalized spacial score (nSPS) is 26.7.